The molecule has 0 bridgehead atoms. The largest absolute Gasteiger partial charge is 0.486 e. The maximum absolute atomic E-state index is 12.3. The van der Waals surface area contributed by atoms with Crippen molar-refractivity contribution in [2.45, 2.75) is 26.2 Å². The second kappa shape index (κ2) is 4.59. The van der Waals surface area contributed by atoms with Gasteiger partial charge in [0, 0.05) is 17.5 Å². The molecule has 0 atom stereocenters. The van der Waals surface area contributed by atoms with E-state index in [4.69, 9.17) is 9.47 Å². The zero-order valence-corrected chi connectivity index (χ0v) is 12.6. The van der Waals surface area contributed by atoms with Gasteiger partial charge in [0.2, 0.25) is 5.91 Å². The number of thiazole rings is 1. The van der Waals surface area contributed by atoms with Crippen molar-refractivity contribution in [1.82, 2.24) is 4.98 Å². The van der Waals surface area contributed by atoms with Gasteiger partial charge in [0.15, 0.2) is 16.6 Å². The second-order valence-electron chi connectivity index (χ2n) is 5.57. The maximum Gasteiger partial charge on any atom is 0.232 e. The Balaban J connectivity index is 1.63. The van der Waals surface area contributed by atoms with Gasteiger partial charge in [-0.2, -0.15) is 0 Å². The van der Waals surface area contributed by atoms with Crippen LogP contribution >= 0.6 is 11.3 Å². The van der Waals surface area contributed by atoms with Crippen molar-refractivity contribution in [3.05, 3.63) is 12.1 Å². The number of anilines is 1. The molecule has 21 heavy (non-hydrogen) atoms. The molecule has 1 N–H and O–H groups in total. The number of amides is 1. The lowest BCUT2D eigenvalue weighted by Crippen LogP contribution is -2.23. The Morgan fingerprint density at radius 1 is 1.33 bits per heavy atom. The van der Waals surface area contributed by atoms with Crippen LogP contribution in [0.1, 0.15) is 26.2 Å². The molecule has 2 heterocycles. The van der Waals surface area contributed by atoms with E-state index in [1.165, 1.54) is 11.3 Å². The highest BCUT2D eigenvalue weighted by Crippen LogP contribution is 2.49. The first kappa shape index (κ1) is 12.9. The number of ether oxygens (including phenoxy) is 2. The third kappa shape index (κ3) is 2.14. The lowest BCUT2D eigenvalue weighted by molar-refractivity contribution is -0.121. The molecule has 0 radical (unpaired) electrons. The minimum atomic E-state index is -0.149. The molecule has 0 saturated heterocycles. The smallest absolute Gasteiger partial charge is 0.232 e. The summed E-state index contributed by atoms with van der Waals surface area (Å²) in [6.07, 6.45) is 2.85. The number of hydrogen-bond donors (Lipinski definition) is 1. The van der Waals surface area contributed by atoms with Gasteiger partial charge in [-0.25, -0.2) is 4.98 Å². The number of carbonyl (C=O) groups excluding carboxylic acids is 1. The van der Waals surface area contributed by atoms with Crippen LogP contribution in [0.2, 0.25) is 0 Å². The monoisotopic (exact) mass is 304 g/mol. The van der Waals surface area contributed by atoms with Crippen LogP contribution < -0.4 is 14.8 Å². The fraction of sp³-hybridized carbons (Fsp3) is 0.467. The van der Waals surface area contributed by atoms with Crippen LogP contribution in [0.15, 0.2) is 12.1 Å². The number of nitrogens with zero attached hydrogens (tertiary/aromatic N) is 1. The van der Waals surface area contributed by atoms with Gasteiger partial charge in [0.1, 0.15) is 13.2 Å². The van der Waals surface area contributed by atoms with Crippen molar-refractivity contribution in [1.29, 1.82) is 0 Å². The van der Waals surface area contributed by atoms with E-state index < -0.39 is 0 Å². The highest BCUT2D eigenvalue weighted by Gasteiger charge is 2.48. The number of hydrogen-bond acceptors (Lipinski definition) is 5. The van der Waals surface area contributed by atoms with Crippen LogP contribution in [-0.2, 0) is 4.79 Å². The van der Waals surface area contributed by atoms with Gasteiger partial charge < -0.3 is 14.8 Å². The summed E-state index contributed by atoms with van der Waals surface area (Å²) in [5.74, 6) is 1.58. The Morgan fingerprint density at radius 3 is 2.71 bits per heavy atom. The first-order chi connectivity index (χ1) is 10.2. The van der Waals surface area contributed by atoms with E-state index in [1.54, 1.807) is 0 Å². The molecule has 4 rings (SSSR count). The standard InChI is InChI=1S/C15H16N2O3S/c1-2-15(3-4-15)13(18)17-14-16-9-7-10-11(8-12(9)21-14)20-6-5-19-10/h7-8H,2-6H2,1H3,(H,16,17,18). The highest BCUT2D eigenvalue weighted by atomic mass is 32.1. The molecule has 1 saturated carbocycles. The number of carbonyl (C=O) groups is 1. The Morgan fingerprint density at radius 2 is 2.05 bits per heavy atom. The fourth-order valence-electron chi connectivity index (χ4n) is 2.64. The van der Waals surface area contributed by atoms with Crippen LogP contribution in [0, 0.1) is 5.41 Å². The summed E-state index contributed by atoms with van der Waals surface area (Å²) in [5, 5.41) is 3.61. The Bertz CT molecular complexity index is 678. The zero-order chi connectivity index (χ0) is 14.4. The summed E-state index contributed by atoms with van der Waals surface area (Å²) in [6.45, 7) is 3.19. The predicted octanol–water partition coefficient (Wildman–Crippen LogP) is 3.20. The molecule has 1 aromatic carbocycles. The average Bonchev–Trinajstić information content (AvgIpc) is 3.21. The minimum absolute atomic E-state index is 0.0984. The SMILES string of the molecule is CCC1(C(=O)Nc2nc3cc4c(cc3s2)OCCO4)CC1. The van der Waals surface area contributed by atoms with Crippen LogP contribution in [0.5, 0.6) is 11.5 Å². The van der Waals surface area contributed by atoms with Crippen molar-refractivity contribution < 1.29 is 14.3 Å². The van der Waals surface area contributed by atoms with E-state index in [2.05, 4.69) is 17.2 Å². The van der Waals surface area contributed by atoms with Gasteiger partial charge in [-0.1, -0.05) is 18.3 Å². The van der Waals surface area contributed by atoms with E-state index in [0.29, 0.717) is 18.3 Å². The van der Waals surface area contributed by atoms with Gasteiger partial charge in [-0.05, 0) is 19.3 Å². The number of rotatable bonds is 3. The summed E-state index contributed by atoms with van der Waals surface area (Å²) < 4.78 is 12.1. The number of fused-ring (bicyclic) bond motifs is 2. The lowest BCUT2D eigenvalue weighted by atomic mass is 10.0. The molecule has 110 valence electrons. The molecule has 6 heteroatoms. The quantitative estimate of drug-likeness (QED) is 0.946. The third-order valence-electron chi connectivity index (χ3n) is 4.28. The van der Waals surface area contributed by atoms with Crippen LogP contribution in [0.25, 0.3) is 10.2 Å². The second-order valence-corrected chi connectivity index (χ2v) is 6.60. The van der Waals surface area contributed by atoms with Crippen molar-refractivity contribution in [3.63, 3.8) is 0 Å². The summed E-state index contributed by atoms with van der Waals surface area (Å²) in [5.41, 5.74) is 0.685. The summed E-state index contributed by atoms with van der Waals surface area (Å²) in [6, 6.07) is 3.81. The fourth-order valence-corrected chi connectivity index (χ4v) is 3.51. The molecule has 1 amide bonds. The Hall–Kier alpha value is -1.82. The Kier molecular flexibility index (Phi) is 2.82. The van der Waals surface area contributed by atoms with Crippen LogP contribution in [-0.4, -0.2) is 24.1 Å². The zero-order valence-electron chi connectivity index (χ0n) is 11.8. The predicted molar refractivity (Wildman–Crippen MR) is 81.2 cm³/mol. The van der Waals surface area contributed by atoms with Crippen molar-refractivity contribution in [2.24, 2.45) is 5.41 Å². The number of nitrogens with one attached hydrogen (secondary N) is 1. The van der Waals surface area contributed by atoms with Gasteiger partial charge in [0.05, 0.1) is 10.2 Å². The van der Waals surface area contributed by atoms with Crippen molar-refractivity contribution in [2.75, 3.05) is 18.5 Å². The topological polar surface area (TPSA) is 60.5 Å². The molecule has 2 aromatic rings. The van der Waals surface area contributed by atoms with E-state index in [1.807, 2.05) is 12.1 Å². The summed E-state index contributed by atoms with van der Waals surface area (Å²) in [7, 11) is 0. The normalized spacial score (nSPS) is 18.5. The van der Waals surface area contributed by atoms with E-state index in [0.717, 1.165) is 41.0 Å². The molecule has 5 nitrogen and oxygen atoms in total. The molecule has 1 fully saturated rings. The van der Waals surface area contributed by atoms with Crippen LogP contribution in [0.3, 0.4) is 0 Å². The first-order valence-electron chi connectivity index (χ1n) is 7.22. The van der Waals surface area contributed by atoms with E-state index in [9.17, 15) is 4.79 Å². The molecule has 0 spiro atoms. The maximum atomic E-state index is 12.3. The molecule has 2 aliphatic rings. The van der Waals surface area contributed by atoms with Crippen molar-refractivity contribution in [3.8, 4) is 11.5 Å². The average molecular weight is 304 g/mol. The molecular weight excluding hydrogens is 288 g/mol. The molecule has 1 aliphatic heterocycles. The van der Waals surface area contributed by atoms with Gasteiger partial charge >= 0.3 is 0 Å². The summed E-state index contributed by atoms with van der Waals surface area (Å²) >= 11 is 1.47. The Labute approximate surface area is 126 Å². The number of benzene rings is 1. The molecule has 1 aromatic heterocycles. The molecular formula is C15H16N2O3S. The highest BCUT2D eigenvalue weighted by molar-refractivity contribution is 7.22. The minimum Gasteiger partial charge on any atom is -0.486 e. The van der Waals surface area contributed by atoms with E-state index >= 15 is 0 Å². The van der Waals surface area contributed by atoms with Gasteiger partial charge in [-0.15, -0.1) is 0 Å². The van der Waals surface area contributed by atoms with Gasteiger partial charge in [-0.3, -0.25) is 4.79 Å². The van der Waals surface area contributed by atoms with Crippen LogP contribution in [0.4, 0.5) is 5.13 Å². The molecule has 0 unspecified atom stereocenters. The van der Waals surface area contributed by atoms with Crippen molar-refractivity contribution >= 4 is 32.6 Å². The first-order valence-corrected chi connectivity index (χ1v) is 8.03. The van der Waals surface area contributed by atoms with E-state index in [-0.39, 0.29) is 11.3 Å². The lowest BCUT2D eigenvalue weighted by Gasteiger charge is -2.17. The molecule has 1 aliphatic carbocycles. The van der Waals surface area contributed by atoms with Gasteiger partial charge in [0.25, 0.3) is 0 Å². The number of aromatic nitrogens is 1. The third-order valence-corrected chi connectivity index (χ3v) is 5.22. The summed E-state index contributed by atoms with van der Waals surface area (Å²) in [4.78, 5) is 16.8.